The van der Waals surface area contributed by atoms with Gasteiger partial charge in [0, 0.05) is 55.4 Å². The minimum absolute atomic E-state index is 0.0448. The van der Waals surface area contributed by atoms with Crippen LogP contribution in [-0.2, 0) is 11.2 Å². The minimum atomic E-state index is -0.826. The summed E-state index contributed by atoms with van der Waals surface area (Å²) < 4.78 is 5.74. The van der Waals surface area contributed by atoms with Crippen LogP contribution < -0.4 is 26.8 Å². The molecule has 1 aromatic heterocycles. The summed E-state index contributed by atoms with van der Waals surface area (Å²) >= 11 is 0. The zero-order valence-corrected chi connectivity index (χ0v) is 28.8. The maximum absolute atomic E-state index is 12.7. The molecule has 52 heavy (non-hydrogen) atoms. The SMILES string of the molecule is O=C(NCCN1CCC(OC(=O)Nc2ccccc2-c2ccccc2)CC1)Nc1ccc(CCNC[C@@H](O)c2ccc(O)c3[nH]c(=O)ccc23)cc1. The fourth-order valence-corrected chi connectivity index (χ4v) is 6.39. The highest BCUT2D eigenvalue weighted by Gasteiger charge is 2.23. The number of aromatic hydroxyl groups is 1. The number of carbonyl (C=O) groups excluding carboxylic acids is 2. The molecule has 1 fully saturated rings. The Hall–Kier alpha value is -5.69. The predicted molar refractivity (Wildman–Crippen MR) is 203 cm³/mol. The first-order valence-electron chi connectivity index (χ1n) is 17.5. The summed E-state index contributed by atoms with van der Waals surface area (Å²) in [6.07, 6.45) is 0.719. The molecule has 4 aromatic carbocycles. The van der Waals surface area contributed by atoms with E-state index < -0.39 is 12.2 Å². The number of aromatic nitrogens is 1. The van der Waals surface area contributed by atoms with Crippen molar-refractivity contribution >= 4 is 34.4 Å². The van der Waals surface area contributed by atoms with Gasteiger partial charge in [0.1, 0.15) is 11.9 Å². The molecule has 0 aliphatic carbocycles. The number of para-hydroxylation sites is 1. The summed E-state index contributed by atoms with van der Waals surface area (Å²) in [6.45, 7) is 3.64. The number of urea groups is 1. The topological polar surface area (TPSA) is 168 Å². The summed E-state index contributed by atoms with van der Waals surface area (Å²) in [4.78, 5) is 41.7. The summed E-state index contributed by atoms with van der Waals surface area (Å²) in [6, 6.07) is 31.0. The Bertz CT molecular complexity index is 2010. The molecule has 1 atom stereocenters. The first kappa shape index (κ1) is 36.1. The van der Waals surface area contributed by atoms with E-state index in [0.29, 0.717) is 54.0 Å². The molecule has 0 saturated carbocycles. The van der Waals surface area contributed by atoms with E-state index in [2.05, 4.69) is 31.2 Å². The molecule has 1 saturated heterocycles. The predicted octanol–water partition coefficient (Wildman–Crippen LogP) is 5.60. The summed E-state index contributed by atoms with van der Waals surface area (Å²) in [7, 11) is 0. The van der Waals surface area contributed by atoms with Gasteiger partial charge in [-0.3, -0.25) is 10.1 Å². The Labute approximate surface area is 301 Å². The highest BCUT2D eigenvalue weighted by molar-refractivity contribution is 5.92. The number of carbonyl (C=O) groups is 2. The van der Waals surface area contributed by atoms with E-state index in [4.69, 9.17) is 4.74 Å². The van der Waals surface area contributed by atoms with Crippen LogP contribution in [0.4, 0.5) is 21.0 Å². The molecule has 0 unspecified atom stereocenters. The number of amides is 3. The van der Waals surface area contributed by atoms with Gasteiger partial charge in [0.25, 0.3) is 0 Å². The number of anilines is 2. The van der Waals surface area contributed by atoms with Gasteiger partial charge in [-0.05, 0) is 72.8 Å². The quantitative estimate of drug-likeness (QED) is 0.0778. The number of nitrogens with one attached hydrogen (secondary N) is 5. The Balaban J connectivity index is 0.848. The number of benzene rings is 4. The lowest BCUT2D eigenvalue weighted by Crippen LogP contribution is -2.42. The number of aliphatic hydroxyl groups is 1. The molecule has 1 aliphatic rings. The van der Waals surface area contributed by atoms with Crippen LogP contribution in [0.5, 0.6) is 5.75 Å². The normalized spacial score (nSPS) is 14.1. The van der Waals surface area contributed by atoms with Crippen LogP contribution in [0.3, 0.4) is 0 Å². The maximum atomic E-state index is 12.7. The van der Waals surface area contributed by atoms with Crippen LogP contribution >= 0.6 is 0 Å². The third kappa shape index (κ3) is 9.75. The first-order valence-corrected chi connectivity index (χ1v) is 17.5. The number of aromatic amines is 1. The lowest BCUT2D eigenvalue weighted by molar-refractivity contribution is 0.0594. The fraction of sp³-hybridized carbons (Fsp3) is 0.275. The Morgan fingerprint density at radius 1 is 0.865 bits per heavy atom. The van der Waals surface area contributed by atoms with Gasteiger partial charge < -0.3 is 40.8 Å². The molecule has 7 N–H and O–H groups in total. The number of phenols is 1. The molecule has 2 heterocycles. The van der Waals surface area contributed by atoms with Crippen molar-refractivity contribution in [1.29, 1.82) is 0 Å². The first-order chi connectivity index (χ1) is 25.3. The van der Waals surface area contributed by atoms with Crippen molar-refractivity contribution in [3.63, 3.8) is 0 Å². The van der Waals surface area contributed by atoms with Gasteiger partial charge in [0.2, 0.25) is 5.56 Å². The second-order valence-electron chi connectivity index (χ2n) is 12.8. The Morgan fingerprint density at radius 3 is 2.40 bits per heavy atom. The average molecular weight is 705 g/mol. The summed E-state index contributed by atoms with van der Waals surface area (Å²) in [5, 5.41) is 33.4. The molecule has 0 spiro atoms. The lowest BCUT2D eigenvalue weighted by atomic mass is 10.0. The lowest BCUT2D eigenvalue weighted by Gasteiger charge is -2.31. The van der Waals surface area contributed by atoms with E-state index in [1.807, 2.05) is 78.9 Å². The third-order valence-corrected chi connectivity index (χ3v) is 9.18. The molecule has 3 amide bonds. The van der Waals surface area contributed by atoms with Gasteiger partial charge in [-0.25, -0.2) is 9.59 Å². The second-order valence-corrected chi connectivity index (χ2v) is 12.8. The molecular formula is C40H44N6O6. The van der Waals surface area contributed by atoms with Gasteiger partial charge >= 0.3 is 12.1 Å². The molecule has 1 aliphatic heterocycles. The van der Waals surface area contributed by atoms with Gasteiger partial charge in [-0.1, -0.05) is 66.7 Å². The fourth-order valence-electron chi connectivity index (χ4n) is 6.39. The van der Waals surface area contributed by atoms with Gasteiger partial charge in [0.05, 0.1) is 17.3 Å². The molecule has 270 valence electrons. The molecular weight excluding hydrogens is 660 g/mol. The summed E-state index contributed by atoms with van der Waals surface area (Å²) in [5.41, 5.74) is 5.02. The average Bonchev–Trinajstić information content (AvgIpc) is 3.15. The van der Waals surface area contributed by atoms with E-state index in [-0.39, 0.29) is 23.4 Å². The number of phenolic OH excluding ortho intramolecular Hbond substituents is 1. The number of likely N-dealkylation sites (tertiary alicyclic amines) is 1. The number of aliphatic hydroxyl groups excluding tert-OH is 1. The number of fused-ring (bicyclic) bond motifs is 1. The van der Waals surface area contributed by atoms with Crippen molar-refractivity contribution in [1.82, 2.24) is 20.5 Å². The van der Waals surface area contributed by atoms with Gasteiger partial charge in [0.15, 0.2) is 0 Å². The monoisotopic (exact) mass is 704 g/mol. The highest BCUT2D eigenvalue weighted by atomic mass is 16.6. The Morgan fingerprint density at radius 2 is 1.62 bits per heavy atom. The van der Waals surface area contributed by atoms with Crippen molar-refractivity contribution in [2.45, 2.75) is 31.5 Å². The number of hydrogen-bond donors (Lipinski definition) is 7. The van der Waals surface area contributed by atoms with Gasteiger partial charge in [-0.2, -0.15) is 0 Å². The summed E-state index contributed by atoms with van der Waals surface area (Å²) in [5.74, 6) is -0.0448. The molecule has 6 rings (SSSR count). The molecule has 0 bridgehead atoms. The van der Waals surface area contributed by atoms with E-state index in [1.54, 1.807) is 12.1 Å². The van der Waals surface area contributed by atoms with Crippen molar-refractivity contribution in [3.05, 3.63) is 125 Å². The number of H-pyrrole nitrogens is 1. The van der Waals surface area contributed by atoms with Crippen molar-refractivity contribution in [3.8, 4) is 16.9 Å². The number of rotatable bonds is 13. The van der Waals surface area contributed by atoms with Crippen molar-refractivity contribution in [2.75, 3.05) is 49.9 Å². The number of pyridine rings is 1. The number of piperidine rings is 1. The smallest absolute Gasteiger partial charge is 0.411 e. The van der Waals surface area contributed by atoms with E-state index in [9.17, 15) is 24.6 Å². The standard InChI is InChI=1S/C40H44N6O6/c47-35-16-14-32(33-15-17-37(49)45-38(33)35)36(48)26-41-21-18-27-10-12-29(13-11-27)43-39(50)42-22-25-46-23-19-30(20-24-46)52-40(51)44-34-9-5-4-8-31(34)28-6-2-1-3-7-28/h1-17,30,36,41,47-48H,18-26H2,(H,44,51)(H,45,49)(H2,42,43,50)/t36-/m1/s1. The third-order valence-electron chi connectivity index (χ3n) is 9.18. The van der Waals surface area contributed by atoms with Crippen LogP contribution in [-0.4, -0.2) is 77.6 Å². The largest absolute Gasteiger partial charge is 0.506 e. The zero-order valence-electron chi connectivity index (χ0n) is 28.8. The molecule has 5 aromatic rings. The molecule has 12 heteroatoms. The van der Waals surface area contributed by atoms with E-state index >= 15 is 0 Å². The van der Waals surface area contributed by atoms with Crippen molar-refractivity contribution < 1.29 is 24.5 Å². The van der Waals surface area contributed by atoms with Crippen molar-refractivity contribution in [2.24, 2.45) is 0 Å². The van der Waals surface area contributed by atoms with E-state index in [0.717, 1.165) is 49.0 Å². The molecule has 12 nitrogen and oxygen atoms in total. The molecule has 0 radical (unpaired) electrons. The van der Waals surface area contributed by atoms with Gasteiger partial charge in [-0.15, -0.1) is 0 Å². The minimum Gasteiger partial charge on any atom is -0.506 e. The maximum Gasteiger partial charge on any atom is 0.411 e. The van der Waals surface area contributed by atoms with Crippen LogP contribution in [0.1, 0.15) is 30.1 Å². The number of nitrogens with zero attached hydrogens (tertiary/aromatic N) is 1. The van der Waals surface area contributed by atoms with Crippen LogP contribution in [0.15, 0.2) is 108 Å². The second kappa shape index (κ2) is 17.5. The zero-order chi connectivity index (χ0) is 36.3. The highest BCUT2D eigenvalue weighted by Crippen LogP contribution is 2.29. The van der Waals surface area contributed by atoms with Crippen LogP contribution in [0.2, 0.25) is 0 Å². The number of ether oxygens (including phenoxy) is 1. The van der Waals surface area contributed by atoms with Crippen LogP contribution in [0.25, 0.3) is 22.0 Å². The Kier molecular flexibility index (Phi) is 12.1. The van der Waals surface area contributed by atoms with E-state index in [1.165, 1.54) is 12.1 Å². The number of hydrogen-bond acceptors (Lipinski definition) is 8. The van der Waals surface area contributed by atoms with Crippen LogP contribution in [0, 0.1) is 0 Å².